The van der Waals surface area contributed by atoms with Gasteiger partial charge in [-0.2, -0.15) is 0 Å². The first-order valence-corrected chi connectivity index (χ1v) is 10.5. The number of hydrogen-bond acceptors (Lipinski definition) is 4. The van der Waals surface area contributed by atoms with E-state index in [9.17, 15) is 13.2 Å². The van der Waals surface area contributed by atoms with Gasteiger partial charge in [0.1, 0.15) is 0 Å². The molecule has 0 saturated carbocycles. The molecule has 7 heteroatoms. The number of nitrogens with one attached hydrogen (secondary N) is 1. The first-order valence-electron chi connectivity index (χ1n) is 9.06. The van der Waals surface area contributed by atoms with Gasteiger partial charge in [-0.1, -0.05) is 25.3 Å². The Kier molecular flexibility index (Phi) is 6.09. The van der Waals surface area contributed by atoms with E-state index in [4.69, 9.17) is 4.74 Å². The van der Waals surface area contributed by atoms with Crippen LogP contribution >= 0.6 is 0 Å². The summed E-state index contributed by atoms with van der Waals surface area (Å²) in [6.07, 6.45) is 6.20. The quantitative estimate of drug-likeness (QED) is 0.886. The normalized spacial score (nSPS) is 22.4. The van der Waals surface area contributed by atoms with Crippen molar-refractivity contribution in [1.29, 1.82) is 0 Å². The number of carbonyl (C=O) groups is 1. The van der Waals surface area contributed by atoms with E-state index in [1.807, 2.05) is 4.90 Å². The molecule has 2 aliphatic heterocycles. The van der Waals surface area contributed by atoms with Crippen molar-refractivity contribution in [3.63, 3.8) is 0 Å². The second kappa shape index (κ2) is 8.29. The topological polar surface area (TPSA) is 75.7 Å². The molecule has 1 aromatic carbocycles. The highest BCUT2D eigenvalue weighted by Gasteiger charge is 2.25. The number of amides is 1. The SMILES string of the molecule is O=C(c1cccc(S(=O)(=O)N[C@H]2CCOC2)c1)N1CCCCCCC1. The maximum absolute atomic E-state index is 12.8. The van der Waals surface area contributed by atoms with E-state index in [2.05, 4.69) is 4.72 Å². The molecule has 1 N–H and O–H groups in total. The van der Waals surface area contributed by atoms with Crippen LogP contribution in [-0.4, -0.2) is 51.6 Å². The lowest BCUT2D eigenvalue weighted by molar-refractivity contribution is 0.0742. The summed E-state index contributed by atoms with van der Waals surface area (Å²) in [6, 6.07) is 6.15. The molecule has 3 rings (SSSR count). The van der Waals surface area contributed by atoms with Crippen molar-refractivity contribution >= 4 is 15.9 Å². The molecule has 2 aliphatic rings. The van der Waals surface area contributed by atoms with Crippen LogP contribution in [0, 0.1) is 0 Å². The average molecular weight is 366 g/mol. The van der Waals surface area contributed by atoms with E-state index in [1.165, 1.54) is 18.6 Å². The van der Waals surface area contributed by atoms with Crippen LogP contribution in [0.3, 0.4) is 0 Å². The van der Waals surface area contributed by atoms with Crippen LogP contribution < -0.4 is 4.72 Å². The van der Waals surface area contributed by atoms with Crippen LogP contribution in [0.5, 0.6) is 0 Å². The molecule has 1 aromatic rings. The minimum atomic E-state index is -3.64. The summed E-state index contributed by atoms with van der Waals surface area (Å²) in [5, 5.41) is 0. The van der Waals surface area contributed by atoms with Crippen molar-refractivity contribution in [2.24, 2.45) is 0 Å². The van der Waals surface area contributed by atoms with Crippen LogP contribution in [-0.2, 0) is 14.8 Å². The number of nitrogens with zero attached hydrogens (tertiary/aromatic N) is 1. The lowest BCUT2D eigenvalue weighted by Gasteiger charge is -2.25. The molecule has 0 unspecified atom stereocenters. The van der Waals surface area contributed by atoms with Gasteiger partial charge in [0.25, 0.3) is 5.91 Å². The van der Waals surface area contributed by atoms with E-state index in [1.54, 1.807) is 12.1 Å². The average Bonchev–Trinajstić information content (AvgIpc) is 3.06. The smallest absolute Gasteiger partial charge is 0.253 e. The molecule has 1 atom stereocenters. The predicted molar refractivity (Wildman–Crippen MR) is 95.0 cm³/mol. The molecule has 0 radical (unpaired) electrons. The first kappa shape index (κ1) is 18.4. The van der Waals surface area contributed by atoms with Gasteiger partial charge in [0, 0.05) is 31.3 Å². The zero-order valence-corrected chi connectivity index (χ0v) is 15.3. The van der Waals surface area contributed by atoms with E-state index in [-0.39, 0.29) is 16.8 Å². The summed E-state index contributed by atoms with van der Waals surface area (Å²) in [5.74, 6) is -0.0804. The molecular weight excluding hydrogens is 340 g/mol. The third kappa shape index (κ3) is 4.80. The van der Waals surface area contributed by atoms with Crippen molar-refractivity contribution in [2.75, 3.05) is 26.3 Å². The Morgan fingerprint density at radius 3 is 2.52 bits per heavy atom. The highest BCUT2D eigenvalue weighted by atomic mass is 32.2. The summed E-state index contributed by atoms with van der Waals surface area (Å²) < 4.78 is 33.0. The van der Waals surface area contributed by atoms with Crippen molar-refractivity contribution < 1.29 is 17.9 Å². The third-order valence-electron chi connectivity index (χ3n) is 4.79. The number of hydrogen-bond donors (Lipinski definition) is 1. The summed E-state index contributed by atoms with van der Waals surface area (Å²) in [4.78, 5) is 14.8. The van der Waals surface area contributed by atoms with Crippen LogP contribution in [0.25, 0.3) is 0 Å². The van der Waals surface area contributed by atoms with Gasteiger partial charge in [0.05, 0.1) is 11.5 Å². The Morgan fingerprint density at radius 2 is 1.84 bits per heavy atom. The summed E-state index contributed by atoms with van der Waals surface area (Å²) >= 11 is 0. The Hall–Kier alpha value is -1.44. The predicted octanol–water partition coefficient (Wildman–Crippen LogP) is 2.16. The van der Waals surface area contributed by atoms with Gasteiger partial charge in [-0.15, -0.1) is 0 Å². The number of benzene rings is 1. The molecule has 2 saturated heterocycles. The van der Waals surface area contributed by atoms with Crippen molar-refractivity contribution in [2.45, 2.75) is 49.5 Å². The number of likely N-dealkylation sites (tertiary alicyclic amines) is 1. The van der Waals surface area contributed by atoms with Gasteiger partial charge in [0.15, 0.2) is 0 Å². The maximum atomic E-state index is 12.8. The molecule has 0 spiro atoms. The van der Waals surface area contributed by atoms with Crippen LogP contribution in [0.15, 0.2) is 29.2 Å². The largest absolute Gasteiger partial charge is 0.380 e. The number of carbonyl (C=O) groups excluding carboxylic acids is 1. The number of rotatable bonds is 4. The number of sulfonamides is 1. The van der Waals surface area contributed by atoms with E-state index < -0.39 is 10.0 Å². The van der Waals surface area contributed by atoms with Crippen molar-refractivity contribution in [1.82, 2.24) is 9.62 Å². The molecule has 0 bridgehead atoms. The molecule has 2 heterocycles. The van der Waals surface area contributed by atoms with Gasteiger partial charge in [-0.05, 0) is 37.5 Å². The molecule has 25 heavy (non-hydrogen) atoms. The maximum Gasteiger partial charge on any atom is 0.253 e. The highest BCUT2D eigenvalue weighted by molar-refractivity contribution is 7.89. The van der Waals surface area contributed by atoms with Crippen LogP contribution in [0.1, 0.15) is 48.9 Å². The second-order valence-electron chi connectivity index (χ2n) is 6.77. The molecular formula is C18H26N2O4S. The fourth-order valence-corrected chi connectivity index (χ4v) is 4.64. The van der Waals surface area contributed by atoms with Gasteiger partial charge < -0.3 is 9.64 Å². The molecule has 6 nitrogen and oxygen atoms in total. The first-order chi connectivity index (χ1) is 12.1. The van der Waals surface area contributed by atoms with Gasteiger partial charge >= 0.3 is 0 Å². The molecule has 2 fully saturated rings. The summed E-state index contributed by atoms with van der Waals surface area (Å²) in [5.41, 5.74) is 0.436. The molecule has 1 amide bonds. The van der Waals surface area contributed by atoms with Crippen LogP contribution in [0.4, 0.5) is 0 Å². The molecule has 0 aliphatic carbocycles. The Morgan fingerprint density at radius 1 is 1.12 bits per heavy atom. The van der Waals surface area contributed by atoms with E-state index in [0.717, 1.165) is 38.8 Å². The van der Waals surface area contributed by atoms with Gasteiger partial charge in [-0.25, -0.2) is 13.1 Å². The standard InChI is InChI=1S/C18H26N2O4S/c21-18(20-10-4-2-1-3-5-11-20)15-7-6-8-17(13-15)25(22,23)19-16-9-12-24-14-16/h6-8,13,16,19H,1-5,9-12,14H2/t16-/m0/s1. The minimum absolute atomic E-state index is 0.0804. The summed E-state index contributed by atoms with van der Waals surface area (Å²) in [6.45, 7) is 2.45. The highest BCUT2D eigenvalue weighted by Crippen LogP contribution is 2.18. The van der Waals surface area contributed by atoms with Crippen molar-refractivity contribution in [3.8, 4) is 0 Å². The Bertz CT molecular complexity index is 691. The van der Waals surface area contributed by atoms with Crippen molar-refractivity contribution in [3.05, 3.63) is 29.8 Å². The lowest BCUT2D eigenvalue weighted by atomic mass is 10.1. The Balaban J connectivity index is 1.74. The van der Waals surface area contributed by atoms with Gasteiger partial charge in [0.2, 0.25) is 10.0 Å². The molecule has 138 valence electrons. The monoisotopic (exact) mass is 366 g/mol. The van der Waals surface area contributed by atoms with Crippen LogP contribution in [0.2, 0.25) is 0 Å². The van der Waals surface area contributed by atoms with Gasteiger partial charge in [-0.3, -0.25) is 4.79 Å². The zero-order valence-electron chi connectivity index (χ0n) is 14.4. The lowest BCUT2D eigenvalue weighted by Crippen LogP contribution is -2.36. The second-order valence-corrected chi connectivity index (χ2v) is 8.48. The zero-order chi connectivity index (χ0) is 17.7. The molecule has 0 aromatic heterocycles. The fourth-order valence-electron chi connectivity index (χ4n) is 3.34. The summed E-state index contributed by atoms with van der Waals surface area (Å²) in [7, 11) is -3.64. The number of ether oxygens (including phenoxy) is 1. The van der Waals surface area contributed by atoms with E-state index in [0.29, 0.717) is 25.2 Å². The minimum Gasteiger partial charge on any atom is -0.380 e. The Labute approximate surface area is 149 Å². The van der Waals surface area contributed by atoms with E-state index >= 15 is 0 Å². The fraction of sp³-hybridized carbons (Fsp3) is 0.611. The third-order valence-corrected chi connectivity index (χ3v) is 6.30.